The average molecular weight is 655 g/mol. The number of nitrogens with zero attached hydrogens (tertiary/aromatic N) is 5. The van der Waals surface area contributed by atoms with Crippen molar-refractivity contribution < 1.29 is 50.5 Å². The topological polar surface area (TPSA) is 167 Å². The predicted molar refractivity (Wildman–Crippen MR) is 149 cm³/mol. The molecule has 1 aromatic heterocycles. The summed E-state index contributed by atoms with van der Waals surface area (Å²) in [5.74, 6) is -0.545. The molecule has 2 heterocycles. The number of sulfonamides is 1. The number of alkyl halides is 3. The minimum absolute atomic E-state index is 0.117. The Bertz CT molecular complexity index is 1640. The van der Waals surface area contributed by atoms with Gasteiger partial charge < -0.3 is 19.5 Å². The fourth-order valence-corrected chi connectivity index (χ4v) is 5.20. The van der Waals surface area contributed by atoms with Crippen molar-refractivity contribution in [2.45, 2.75) is 50.2 Å². The normalized spacial score (nSPS) is 15.5. The molecule has 2 aromatic carbocycles. The summed E-state index contributed by atoms with van der Waals surface area (Å²) in [5.41, 5.74) is 0.520. The zero-order chi connectivity index (χ0) is 32.8. The Morgan fingerprint density at radius 1 is 1.13 bits per heavy atom. The molecule has 1 N–H and O–H groups in total. The third-order valence-corrected chi connectivity index (χ3v) is 7.95. The summed E-state index contributed by atoms with van der Waals surface area (Å²) in [6.45, 7) is 2.74. The van der Waals surface area contributed by atoms with Crippen LogP contribution in [-0.2, 0) is 35.3 Å². The van der Waals surface area contributed by atoms with Crippen LogP contribution >= 0.6 is 0 Å². The van der Waals surface area contributed by atoms with Gasteiger partial charge in [0.1, 0.15) is 12.6 Å². The summed E-state index contributed by atoms with van der Waals surface area (Å²) in [6, 6.07) is 11.7. The molecule has 1 fully saturated rings. The van der Waals surface area contributed by atoms with Crippen molar-refractivity contribution in [1.29, 1.82) is 0 Å². The monoisotopic (exact) mass is 654 g/mol. The molecule has 0 saturated carbocycles. The van der Waals surface area contributed by atoms with E-state index in [4.69, 9.17) is 4.74 Å². The first-order chi connectivity index (χ1) is 21.3. The Hall–Kier alpha value is -4.87. The van der Waals surface area contributed by atoms with Crippen molar-refractivity contribution in [3.05, 3.63) is 71.1 Å². The minimum Gasteiger partial charge on any atom is -0.569 e. The number of hydrogen-bond donors (Lipinski definition) is 1. The number of carbonyl (C=O) groups is 2. The average Bonchev–Trinajstić information content (AvgIpc) is 3.66. The van der Waals surface area contributed by atoms with Crippen LogP contribution in [0.2, 0.25) is 0 Å². The summed E-state index contributed by atoms with van der Waals surface area (Å²) in [6.07, 6.45) is -4.94. The standard InChI is InChI=1S/C27H29F3N6O8S/c1-3-25(37)43-17-44-33-36(39)34-14-4-5-21(34)16-42-26(38)32-45(40,41)22-12-10-20(11-13-22)35-23(15-24(31-35)27(28,29)30)19-8-6-18(2)7-9-19/h6-13,15,21H,3-5,14,16-17H2,1-2H3,(H,32,38)/b36-33+/t21-/m0/s1. The van der Waals surface area contributed by atoms with Crippen LogP contribution in [0.1, 0.15) is 37.4 Å². The number of nitrogens with one attached hydrogen (secondary N) is 1. The van der Waals surface area contributed by atoms with Crippen LogP contribution in [0.15, 0.2) is 64.8 Å². The highest BCUT2D eigenvalue weighted by molar-refractivity contribution is 7.90. The Morgan fingerprint density at radius 3 is 2.47 bits per heavy atom. The van der Waals surface area contributed by atoms with Crippen LogP contribution in [-0.4, -0.2) is 66.2 Å². The SMILES string of the molecule is CCC(=O)OCO/N=[N+](/[O-])N1CCC[C@H]1COC(=O)NS(=O)(=O)c1ccc(-n2nc(C(F)(F)F)cc2-c2ccc(C)cc2)cc1. The first-order valence-corrected chi connectivity index (χ1v) is 15.0. The third kappa shape index (κ3) is 8.40. The van der Waals surface area contributed by atoms with E-state index in [0.717, 1.165) is 28.4 Å². The van der Waals surface area contributed by atoms with Crippen molar-refractivity contribution in [1.82, 2.24) is 19.5 Å². The number of aromatic nitrogens is 2. The van der Waals surface area contributed by atoms with Crippen LogP contribution in [0.5, 0.6) is 0 Å². The fraction of sp³-hybridized carbons (Fsp3) is 0.370. The van der Waals surface area contributed by atoms with E-state index >= 15 is 0 Å². The zero-order valence-corrected chi connectivity index (χ0v) is 24.9. The summed E-state index contributed by atoms with van der Waals surface area (Å²) >= 11 is 0. The molecule has 0 spiro atoms. The van der Waals surface area contributed by atoms with Gasteiger partial charge in [0.25, 0.3) is 16.8 Å². The molecule has 45 heavy (non-hydrogen) atoms. The van der Waals surface area contributed by atoms with Crippen LogP contribution < -0.4 is 4.72 Å². The number of halogens is 3. The van der Waals surface area contributed by atoms with Crippen molar-refractivity contribution >= 4 is 22.1 Å². The smallest absolute Gasteiger partial charge is 0.435 e. The van der Waals surface area contributed by atoms with Crippen molar-refractivity contribution in [2.24, 2.45) is 5.28 Å². The fourth-order valence-electron chi connectivity index (χ4n) is 4.31. The molecule has 1 amide bonds. The maximum atomic E-state index is 13.5. The predicted octanol–water partition coefficient (Wildman–Crippen LogP) is 4.47. The maximum absolute atomic E-state index is 13.5. The molecule has 1 atom stereocenters. The largest absolute Gasteiger partial charge is 0.569 e. The number of hydrazine groups is 1. The summed E-state index contributed by atoms with van der Waals surface area (Å²) in [4.78, 5) is 27.8. The van der Waals surface area contributed by atoms with E-state index in [1.807, 2.05) is 6.92 Å². The van der Waals surface area contributed by atoms with Crippen LogP contribution in [0.3, 0.4) is 0 Å². The third-order valence-electron chi connectivity index (χ3n) is 6.62. The van der Waals surface area contributed by atoms with Gasteiger partial charge in [0.15, 0.2) is 5.69 Å². The second kappa shape index (κ2) is 13.8. The molecule has 14 nitrogen and oxygen atoms in total. The van der Waals surface area contributed by atoms with Gasteiger partial charge in [-0.2, -0.15) is 18.3 Å². The first kappa shape index (κ1) is 33.0. The Labute approximate surface area is 255 Å². The van der Waals surface area contributed by atoms with E-state index < -0.39 is 46.8 Å². The highest BCUT2D eigenvalue weighted by Crippen LogP contribution is 2.33. The summed E-state index contributed by atoms with van der Waals surface area (Å²) in [5, 5.41) is 20.4. The molecule has 1 aliphatic heterocycles. The molecule has 3 aromatic rings. The Morgan fingerprint density at radius 2 is 1.82 bits per heavy atom. The number of hydrogen-bond acceptors (Lipinski definition) is 10. The quantitative estimate of drug-likeness (QED) is 0.0778. The van der Waals surface area contributed by atoms with Crippen molar-refractivity contribution in [2.75, 3.05) is 19.9 Å². The van der Waals surface area contributed by atoms with Gasteiger partial charge >= 0.3 is 18.2 Å². The maximum Gasteiger partial charge on any atom is 0.435 e. The molecule has 0 aliphatic carbocycles. The lowest BCUT2D eigenvalue weighted by molar-refractivity contribution is -0.715. The van der Waals surface area contributed by atoms with Crippen LogP contribution in [0.4, 0.5) is 18.0 Å². The minimum atomic E-state index is -4.72. The summed E-state index contributed by atoms with van der Waals surface area (Å²) < 4.78 is 78.6. The second-order valence-corrected chi connectivity index (χ2v) is 11.5. The molecule has 242 valence electrons. The van der Waals surface area contributed by atoms with E-state index in [-0.39, 0.29) is 40.8 Å². The van der Waals surface area contributed by atoms with Gasteiger partial charge in [-0.15, -0.1) is 5.01 Å². The van der Waals surface area contributed by atoms with Gasteiger partial charge in [-0.1, -0.05) is 36.8 Å². The van der Waals surface area contributed by atoms with E-state index in [0.29, 0.717) is 18.4 Å². The van der Waals surface area contributed by atoms with Crippen LogP contribution in [0.25, 0.3) is 16.9 Å². The van der Waals surface area contributed by atoms with Crippen molar-refractivity contribution in [3.63, 3.8) is 0 Å². The van der Waals surface area contributed by atoms with E-state index in [2.05, 4.69) is 20.0 Å². The number of ether oxygens (including phenoxy) is 2. The van der Waals surface area contributed by atoms with Gasteiger partial charge in [-0.05, 0) is 50.1 Å². The molecule has 1 aliphatic rings. The van der Waals surface area contributed by atoms with E-state index in [1.165, 1.54) is 17.1 Å². The van der Waals surface area contributed by atoms with Crippen molar-refractivity contribution in [3.8, 4) is 16.9 Å². The molecule has 0 radical (unpaired) electrons. The second-order valence-electron chi connectivity index (χ2n) is 9.80. The zero-order valence-electron chi connectivity index (χ0n) is 24.1. The Balaban J connectivity index is 1.40. The van der Waals surface area contributed by atoms with Gasteiger partial charge in [0.2, 0.25) is 5.28 Å². The molecule has 0 unspecified atom stereocenters. The Kier molecular flexibility index (Phi) is 10.2. The number of rotatable bonds is 11. The number of esters is 1. The van der Waals surface area contributed by atoms with Gasteiger partial charge in [-0.3, -0.25) is 4.79 Å². The van der Waals surface area contributed by atoms with Gasteiger partial charge in [0.05, 0.1) is 27.8 Å². The van der Waals surface area contributed by atoms with Gasteiger partial charge in [0, 0.05) is 12.0 Å². The van der Waals surface area contributed by atoms with E-state index in [9.17, 15) is 36.4 Å². The summed E-state index contributed by atoms with van der Waals surface area (Å²) in [7, 11) is -4.44. The molecular weight excluding hydrogens is 625 g/mol. The number of carbonyl (C=O) groups excluding carboxylic acids is 2. The van der Waals surface area contributed by atoms with Crippen LogP contribution in [0, 0.1) is 12.1 Å². The lowest BCUT2D eigenvalue weighted by Crippen LogP contribution is -2.40. The molecule has 0 bridgehead atoms. The lowest BCUT2D eigenvalue weighted by atomic mass is 10.1. The lowest BCUT2D eigenvalue weighted by Gasteiger charge is -2.19. The van der Waals surface area contributed by atoms with Gasteiger partial charge in [-0.25, -0.2) is 22.6 Å². The molecule has 1 saturated heterocycles. The first-order valence-electron chi connectivity index (χ1n) is 13.5. The van der Waals surface area contributed by atoms with E-state index in [1.54, 1.807) is 35.9 Å². The number of aryl methyl sites for hydroxylation is 1. The highest BCUT2D eigenvalue weighted by atomic mass is 32.2. The molecule has 4 rings (SSSR count). The number of amides is 1. The number of benzene rings is 2. The highest BCUT2D eigenvalue weighted by Gasteiger charge is 2.36. The molecular formula is C27H29F3N6O8S. The molecule has 18 heteroatoms.